The van der Waals surface area contributed by atoms with E-state index in [1.807, 2.05) is 41.3 Å². The van der Waals surface area contributed by atoms with Crippen LogP contribution >= 0.6 is 12.2 Å². The Bertz CT molecular complexity index is 854. The van der Waals surface area contributed by atoms with Gasteiger partial charge in [0.15, 0.2) is 5.11 Å². The summed E-state index contributed by atoms with van der Waals surface area (Å²) in [5, 5.41) is 3.13. The van der Waals surface area contributed by atoms with E-state index in [2.05, 4.69) is 23.5 Å². The number of carbonyl (C=O) groups excluding carboxylic acids is 2. The molecular weight excluding hydrogens is 384 g/mol. The fourth-order valence-corrected chi connectivity index (χ4v) is 3.69. The fourth-order valence-electron chi connectivity index (χ4n) is 3.39. The zero-order valence-corrected chi connectivity index (χ0v) is 17.2. The van der Waals surface area contributed by atoms with Crippen LogP contribution < -0.4 is 10.2 Å². The van der Waals surface area contributed by atoms with Gasteiger partial charge in [-0.3, -0.25) is 9.59 Å². The highest BCUT2D eigenvalue weighted by Crippen LogP contribution is 2.26. The van der Waals surface area contributed by atoms with Crippen LogP contribution in [0.2, 0.25) is 0 Å². The Morgan fingerprint density at radius 1 is 1.03 bits per heavy atom. The van der Waals surface area contributed by atoms with E-state index in [1.54, 1.807) is 0 Å². The summed E-state index contributed by atoms with van der Waals surface area (Å²) in [6, 6.07) is 18.1. The molecule has 2 aromatic carbocycles. The molecule has 0 aliphatic carbocycles. The van der Waals surface area contributed by atoms with E-state index in [1.165, 1.54) is 11.1 Å². The van der Waals surface area contributed by atoms with E-state index in [4.69, 9.17) is 17.0 Å². The van der Waals surface area contributed by atoms with Crippen LogP contribution in [0.4, 0.5) is 5.69 Å². The number of nitrogens with zero attached hydrogens (tertiary/aromatic N) is 1. The highest BCUT2D eigenvalue weighted by Gasteiger charge is 2.21. The summed E-state index contributed by atoms with van der Waals surface area (Å²) >= 11 is 5.42. The average molecular weight is 411 g/mol. The van der Waals surface area contributed by atoms with Gasteiger partial charge in [0.05, 0.1) is 13.0 Å². The molecule has 0 unspecified atom stereocenters. The molecule has 1 aliphatic heterocycles. The molecule has 152 valence electrons. The quantitative estimate of drug-likeness (QED) is 0.427. The largest absolute Gasteiger partial charge is 0.466 e. The maximum atomic E-state index is 12.2. The van der Waals surface area contributed by atoms with Crippen molar-refractivity contribution in [3.8, 4) is 0 Å². The lowest BCUT2D eigenvalue weighted by Gasteiger charge is -2.31. The van der Waals surface area contributed by atoms with E-state index in [-0.39, 0.29) is 24.7 Å². The topological polar surface area (TPSA) is 58.6 Å². The first kappa shape index (κ1) is 21.0. The maximum absolute atomic E-state index is 12.2. The number of hydrogen-bond donors (Lipinski definition) is 1. The molecule has 0 atom stereocenters. The van der Waals surface area contributed by atoms with Gasteiger partial charge in [0.1, 0.15) is 0 Å². The van der Waals surface area contributed by atoms with Crippen LogP contribution in [0.25, 0.3) is 0 Å². The molecule has 1 amide bonds. The predicted octanol–water partition coefficient (Wildman–Crippen LogP) is 3.80. The number of esters is 1. The van der Waals surface area contributed by atoms with Crippen molar-refractivity contribution in [2.75, 3.05) is 18.1 Å². The Morgan fingerprint density at radius 3 is 2.62 bits per heavy atom. The van der Waals surface area contributed by atoms with Crippen molar-refractivity contribution in [2.45, 2.75) is 38.5 Å². The lowest BCUT2D eigenvalue weighted by molar-refractivity contribution is -0.145. The predicted molar refractivity (Wildman–Crippen MR) is 118 cm³/mol. The zero-order valence-electron chi connectivity index (χ0n) is 16.4. The van der Waals surface area contributed by atoms with Gasteiger partial charge in [0.2, 0.25) is 5.91 Å². The summed E-state index contributed by atoms with van der Waals surface area (Å²) in [7, 11) is 0. The smallest absolute Gasteiger partial charge is 0.306 e. The van der Waals surface area contributed by atoms with Crippen molar-refractivity contribution in [1.82, 2.24) is 5.32 Å². The van der Waals surface area contributed by atoms with Crippen molar-refractivity contribution < 1.29 is 14.3 Å². The Kier molecular flexibility index (Phi) is 7.76. The standard InChI is InChI=1S/C23H26N2O3S/c26-21(14-15-22(27)28-17-7-10-18-8-2-1-3-9-18)24-23(29)25-16-6-12-19-11-4-5-13-20(19)25/h1-5,8-9,11,13H,6-7,10,12,14-17H2,(H,24,26,29). The molecule has 3 rings (SSSR count). The van der Waals surface area contributed by atoms with E-state index in [9.17, 15) is 9.59 Å². The number of carbonyl (C=O) groups is 2. The third-order valence-corrected chi connectivity index (χ3v) is 5.20. The lowest BCUT2D eigenvalue weighted by Crippen LogP contribution is -2.45. The molecule has 2 aromatic rings. The number of thiocarbonyl (C=S) groups is 1. The van der Waals surface area contributed by atoms with E-state index in [0.29, 0.717) is 11.7 Å². The van der Waals surface area contributed by atoms with Crippen molar-refractivity contribution in [1.29, 1.82) is 0 Å². The molecule has 0 aromatic heterocycles. The molecule has 1 N–H and O–H groups in total. The highest BCUT2D eigenvalue weighted by atomic mass is 32.1. The monoisotopic (exact) mass is 410 g/mol. The minimum absolute atomic E-state index is 0.0520. The molecule has 0 saturated heterocycles. The molecule has 6 heteroatoms. The van der Waals surface area contributed by atoms with Crippen LogP contribution in [0.3, 0.4) is 0 Å². The number of rotatable bonds is 7. The summed E-state index contributed by atoms with van der Waals surface area (Å²) < 4.78 is 5.22. The first-order valence-electron chi connectivity index (χ1n) is 10.0. The van der Waals surface area contributed by atoms with Gasteiger partial charge in [-0.05, 0) is 55.1 Å². The molecule has 0 spiro atoms. The number of amides is 1. The summed E-state index contributed by atoms with van der Waals surface area (Å²) in [5.41, 5.74) is 3.49. The normalized spacial score (nSPS) is 12.8. The molecule has 29 heavy (non-hydrogen) atoms. The maximum Gasteiger partial charge on any atom is 0.306 e. The van der Waals surface area contributed by atoms with Crippen molar-refractivity contribution in [2.24, 2.45) is 0 Å². The number of para-hydroxylation sites is 1. The third-order valence-electron chi connectivity index (χ3n) is 4.87. The summed E-state index contributed by atoms with van der Waals surface area (Å²) in [5.74, 6) is -0.623. The third kappa shape index (κ3) is 6.39. The first-order chi connectivity index (χ1) is 14.1. The number of nitrogens with one attached hydrogen (secondary N) is 1. The van der Waals surface area contributed by atoms with Crippen LogP contribution in [0.5, 0.6) is 0 Å². The average Bonchev–Trinajstić information content (AvgIpc) is 2.75. The van der Waals surface area contributed by atoms with Crippen molar-refractivity contribution >= 4 is 34.9 Å². The molecule has 0 fully saturated rings. The van der Waals surface area contributed by atoms with Crippen LogP contribution in [-0.2, 0) is 27.2 Å². The summed E-state index contributed by atoms with van der Waals surface area (Å²) in [6.45, 7) is 1.14. The first-order valence-corrected chi connectivity index (χ1v) is 10.4. The van der Waals surface area contributed by atoms with Gasteiger partial charge in [-0.1, -0.05) is 48.5 Å². The van der Waals surface area contributed by atoms with E-state index < -0.39 is 0 Å². The molecule has 5 nitrogen and oxygen atoms in total. The molecular formula is C23H26N2O3S. The number of ether oxygens (including phenoxy) is 1. The molecule has 1 heterocycles. The second-order valence-corrected chi connectivity index (χ2v) is 7.43. The van der Waals surface area contributed by atoms with E-state index >= 15 is 0 Å². The molecule has 0 radical (unpaired) electrons. The summed E-state index contributed by atoms with van der Waals surface area (Å²) in [4.78, 5) is 26.0. The van der Waals surface area contributed by atoms with Gasteiger partial charge < -0.3 is 15.0 Å². The zero-order chi connectivity index (χ0) is 20.5. The Hall–Kier alpha value is -2.73. The second-order valence-electron chi connectivity index (χ2n) is 7.05. The second kappa shape index (κ2) is 10.7. The van der Waals surface area contributed by atoms with Gasteiger partial charge in [-0.25, -0.2) is 0 Å². The van der Waals surface area contributed by atoms with Crippen molar-refractivity contribution in [3.05, 3.63) is 65.7 Å². The van der Waals surface area contributed by atoms with Crippen molar-refractivity contribution in [3.63, 3.8) is 0 Å². The number of fused-ring (bicyclic) bond motifs is 1. The van der Waals surface area contributed by atoms with Gasteiger partial charge in [0, 0.05) is 18.7 Å². The van der Waals surface area contributed by atoms with Crippen LogP contribution in [-0.4, -0.2) is 30.1 Å². The van der Waals surface area contributed by atoms with Gasteiger partial charge in [0.25, 0.3) is 0 Å². The lowest BCUT2D eigenvalue weighted by atomic mass is 10.0. The fraction of sp³-hybridized carbons (Fsp3) is 0.348. The number of anilines is 1. The number of aryl methyl sites for hydroxylation is 2. The molecule has 0 bridgehead atoms. The van der Waals surface area contributed by atoms with Gasteiger partial charge in [-0.2, -0.15) is 0 Å². The van der Waals surface area contributed by atoms with Gasteiger partial charge >= 0.3 is 5.97 Å². The van der Waals surface area contributed by atoms with E-state index in [0.717, 1.165) is 37.9 Å². The highest BCUT2D eigenvalue weighted by molar-refractivity contribution is 7.80. The van der Waals surface area contributed by atoms with Crippen LogP contribution in [0, 0.1) is 0 Å². The molecule has 1 aliphatic rings. The van der Waals surface area contributed by atoms with Gasteiger partial charge in [-0.15, -0.1) is 0 Å². The van der Waals surface area contributed by atoms with Crippen LogP contribution in [0.15, 0.2) is 54.6 Å². The van der Waals surface area contributed by atoms with Crippen LogP contribution in [0.1, 0.15) is 36.8 Å². The minimum Gasteiger partial charge on any atom is -0.466 e. The Labute approximate surface area is 177 Å². The Balaban J connectivity index is 1.35. The number of benzene rings is 2. The SMILES string of the molecule is O=C(CCC(=O)OCCCc1ccccc1)NC(=S)N1CCCc2ccccc21. The minimum atomic E-state index is -0.359. The Morgan fingerprint density at radius 2 is 1.79 bits per heavy atom. The molecule has 0 saturated carbocycles. The summed E-state index contributed by atoms with van der Waals surface area (Å²) in [6.07, 6.45) is 3.74. The number of hydrogen-bond acceptors (Lipinski definition) is 4.